The van der Waals surface area contributed by atoms with Crippen molar-refractivity contribution < 1.29 is 14.0 Å². The first-order valence-corrected chi connectivity index (χ1v) is 10.2. The van der Waals surface area contributed by atoms with Crippen molar-refractivity contribution in [1.29, 1.82) is 0 Å². The van der Waals surface area contributed by atoms with E-state index in [4.69, 9.17) is 4.42 Å². The Bertz CT molecular complexity index is 786. The van der Waals surface area contributed by atoms with Gasteiger partial charge in [0.1, 0.15) is 5.76 Å². The van der Waals surface area contributed by atoms with Gasteiger partial charge in [0.15, 0.2) is 0 Å². The number of nitrogens with one attached hydrogen (secondary N) is 2. The van der Waals surface area contributed by atoms with Crippen LogP contribution >= 0.6 is 11.8 Å². The van der Waals surface area contributed by atoms with Crippen LogP contribution in [0.4, 0.5) is 5.69 Å². The number of amides is 2. The predicted octanol–water partition coefficient (Wildman–Crippen LogP) is 2.74. The molecule has 1 aliphatic rings. The number of hydrogen-bond acceptors (Lipinski definition) is 5. The van der Waals surface area contributed by atoms with Gasteiger partial charge in [0, 0.05) is 36.8 Å². The number of nitrogens with zero attached hydrogens (tertiary/aromatic N) is 1. The van der Waals surface area contributed by atoms with Crippen molar-refractivity contribution in [3.05, 3.63) is 53.5 Å². The molecule has 0 bridgehead atoms. The summed E-state index contributed by atoms with van der Waals surface area (Å²) in [6.45, 7) is 6.16. The lowest BCUT2D eigenvalue weighted by Gasteiger charge is -2.33. The number of aryl methyl sites for hydroxylation is 2. The summed E-state index contributed by atoms with van der Waals surface area (Å²) in [4.78, 5) is 26.8. The van der Waals surface area contributed by atoms with Crippen LogP contribution in [0.1, 0.15) is 22.9 Å². The minimum absolute atomic E-state index is 0.0701. The number of furan rings is 1. The molecule has 1 aromatic heterocycles. The Labute approximate surface area is 163 Å². The van der Waals surface area contributed by atoms with E-state index in [0.29, 0.717) is 12.2 Å². The molecule has 1 atom stereocenters. The summed E-state index contributed by atoms with van der Waals surface area (Å²) in [6, 6.07) is 9.26. The van der Waals surface area contributed by atoms with Gasteiger partial charge in [0.05, 0.1) is 12.3 Å². The third-order valence-electron chi connectivity index (χ3n) is 4.79. The highest BCUT2D eigenvalue weighted by Crippen LogP contribution is 2.24. The summed E-state index contributed by atoms with van der Waals surface area (Å²) < 4.78 is 5.56. The maximum absolute atomic E-state index is 12.3. The molecule has 1 aromatic carbocycles. The molecule has 2 N–H and O–H groups in total. The number of rotatable bonds is 5. The van der Waals surface area contributed by atoms with E-state index in [0.717, 1.165) is 41.5 Å². The van der Waals surface area contributed by atoms with Gasteiger partial charge in [-0.25, -0.2) is 0 Å². The van der Waals surface area contributed by atoms with Crippen LogP contribution in [0.25, 0.3) is 0 Å². The molecule has 2 aromatic rings. The second kappa shape index (κ2) is 9.10. The van der Waals surface area contributed by atoms with Gasteiger partial charge in [-0.2, -0.15) is 11.8 Å². The maximum Gasteiger partial charge on any atom is 0.313 e. The quantitative estimate of drug-likeness (QED) is 0.772. The van der Waals surface area contributed by atoms with Crippen LogP contribution in [-0.4, -0.2) is 47.9 Å². The number of hydrogen-bond donors (Lipinski definition) is 2. The van der Waals surface area contributed by atoms with Crippen LogP contribution in [0.5, 0.6) is 0 Å². The lowest BCUT2D eigenvalue weighted by atomic mass is 10.1. The predicted molar refractivity (Wildman–Crippen MR) is 108 cm³/mol. The number of carbonyl (C=O) groups excluding carboxylic acids is 2. The van der Waals surface area contributed by atoms with Crippen LogP contribution in [0.3, 0.4) is 0 Å². The van der Waals surface area contributed by atoms with Crippen molar-refractivity contribution in [2.24, 2.45) is 0 Å². The van der Waals surface area contributed by atoms with E-state index < -0.39 is 11.8 Å². The van der Waals surface area contributed by atoms with Gasteiger partial charge < -0.3 is 15.1 Å². The molecule has 27 heavy (non-hydrogen) atoms. The van der Waals surface area contributed by atoms with Crippen molar-refractivity contribution in [3.63, 3.8) is 0 Å². The highest BCUT2D eigenvalue weighted by atomic mass is 32.2. The summed E-state index contributed by atoms with van der Waals surface area (Å²) in [6.07, 6.45) is 1.63. The minimum Gasteiger partial charge on any atom is -0.468 e. The van der Waals surface area contributed by atoms with Gasteiger partial charge in [0.25, 0.3) is 0 Å². The second-order valence-corrected chi connectivity index (χ2v) is 7.87. The highest BCUT2D eigenvalue weighted by Gasteiger charge is 2.26. The van der Waals surface area contributed by atoms with Crippen molar-refractivity contribution in [2.45, 2.75) is 19.9 Å². The normalized spacial score (nSPS) is 15.9. The van der Waals surface area contributed by atoms with Crippen molar-refractivity contribution in [3.8, 4) is 0 Å². The Kier molecular flexibility index (Phi) is 6.58. The molecule has 0 radical (unpaired) electrons. The maximum atomic E-state index is 12.3. The lowest BCUT2D eigenvalue weighted by molar-refractivity contribution is -0.136. The highest BCUT2D eigenvalue weighted by molar-refractivity contribution is 7.99. The van der Waals surface area contributed by atoms with Crippen molar-refractivity contribution in [1.82, 2.24) is 10.2 Å². The second-order valence-electron chi connectivity index (χ2n) is 6.64. The van der Waals surface area contributed by atoms with E-state index in [1.54, 1.807) is 12.3 Å². The fraction of sp³-hybridized carbons (Fsp3) is 0.400. The molecule has 0 spiro atoms. The zero-order valence-electron chi connectivity index (χ0n) is 15.7. The average molecular weight is 388 g/mol. The van der Waals surface area contributed by atoms with Crippen LogP contribution in [0.15, 0.2) is 41.0 Å². The molecule has 0 aliphatic carbocycles. The van der Waals surface area contributed by atoms with Crippen LogP contribution < -0.4 is 10.6 Å². The van der Waals surface area contributed by atoms with Gasteiger partial charge in [-0.3, -0.25) is 14.5 Å². The molecule has 1 saturated heterocycles. The Morgan fingerprint density at radius 1 is 1.15 bits per heavy atom. The van der Waals surface area contributed by atoms with Gasteiger partial charge in [0.2, 0.25) is 0 Å². The lowest BCUT2D eigenvalue weighted by Crippen LogP contribution is -2.44. The topological polar surface area (TPSA) is 74.6 Å². The number of carbonyl (C=O) groups is 2. The zero-order valence-corrected chi connectivity index (χ0v) is 16.5. The molecule has 2 amide bonds. The largest absolute Gasteiger partial charge is 0.468 e. The third-order valence-corrected chi connectivity index (χ3v) is 5.73. The van der Waals surface area contributed by atoms with E-state index in [2.05, 4.69) is 15.5 Å². The van der Waals surface area contributed by atoms with E-state index in [-0.39, 0.29) is 6.04 Å². The zero-order chi connectivity index (χ0) is 19.2. The number of thioether (sulfide) groups is 1. The summed E-state index contributed by atoms with van der Waals surface area (Å²) in [5.41, 5.74) is 2.82. The molecule has 1 fully saturated rings. The standard InChI is InChI=1S/C20H25N3O3S/c1-14-5-6-16(12-15(14)2)22-20(25)19(24)21-13-17(18-4-3-9-26-18)23-7-10-27-11-8-23/h3-6,9,12,17H,7-8,10-11,13H2,1-2H3,(H,21,24)(H,22,25)/t17-/m0/s1. The van der Waals surface area contributed by atoms with E-state index >= 15 is 0 Å². The first-order valence-electron chi connectivity index (χ1n) is 9.06. The molecule has 6 nitrogen and oxygen atoms in total. The van der Waals surface area contributed by atoms with E-state index in [1.807, 2.05) is 49.9 Å². The Morgan fingerprint density at radius 2 is 1.93 bits per heavy atom. The third kappa shape index (κ3) is 5.14. The molecule has 144 valence electrons. The van der Waals surface area contributed by atoms with Crippen LogP contribution in [0, 0.1) is 13.8 Å². The van der Waals surface area contributed by atoms with Gasteiger partial charge in [-0.15, -0.1) is 0 Å². The van der Waals surface area contributed by atoms with Crippen molar-refractivity contribution in [2.75, 3.05) is 36.5 Å². The summed E-state index contributed by atoms with van der Waals surface area (Å²) >= 11 is 1.92. The smallest absolute Gasteiger partial charge is 0.313 e. The Morgan fingerprint density at radius 3 is 2.59 bits per heavy atom. The first-order chi connectivity index (χ1) is 13.0. The molecule has 7 heteroatoms. The number of benzene rings is 1. The van der Waals surface area contributed by atoms with E-state index in [9.17, 15) is 9.59 Å². The summed E-state index contributed by atoms with van der Waals surface area (Å²) in [7, 11) is 0. The fourth-order valence-corrected chi connectivity index (χ4v) is 3.99. The first kappa shape index (κ1) is 19.5. The summed E-state index contributed by atoms with van der Waals surface area (Å²) in [5, 5.41) is 5.41. The van der Waals surface area contributed by atoms with Gasteiger partial charge in [-0.1, -0.05) is 6.07 Å². The molecule has 0 saturated carbocycles. The Hall–Kier alpha value is -2.25. The fourth-order valence-electron chi connectivity index (χ4n) is 3.06. The van der Waals surface area contributed by atoms with Crippen molar-refractivity contribution >= 4 is 29.3 Å². The van der Waals surface area contributed by atoms with Gasteiger partial charge in [-0.05, 0) is 49.2 Å². The molecule has 0 unspecified atom stereocenters. The molecular weight excluding hydrogens is 362 g/mol. The molecule has 1 aliphatic heterocycles. The molecule has 2 heterocycles. The molecule has 3 rings (SSSR count). The van der Waals surface area contributed by atoms with Crippen LogP contribution in [-0.2, 0) is 9.59 Å². The average Bonchev–Trinajstić information content (AvgIpc) is 3.20. The SMILES string of the molecule is Cc1ccc(NC(=O)C(=O)NC[C@@H](c2ccco2)N2CCSCC2)cc1C. The van der Waals surface area contributed by atoms with E-state index in [1.165, 1.54) is 0 Å². The van der Waals surface area contributed by atoms with Crippen LogP contribution in [0.2, 0.25) is 0 Å². The minimum atomic E-state index is -0.661. The monoisotopic (exact) mass is 387 g/mol. The molecular formula is C20H25N3O3S. The summed E-state index contributed by atoms with van der Waals surface area (Å²) in [5.74, 6) is 1.61. The Balaban J connectivity index is 1.59. The number of anilines is 1. The van der Waals surface area contributed by atoms with Gasteiger partial charge >= 0.3 is 11.8 Å².